The monoisotopic (exact) mass is 320 g/mol. The van der Waals surface area contributed by atoms with E-state index in [1.54, 1.807) is 31.5 Å². The molecule has 22 heavy (non-hydrogen) atoms. The van der Waals surface area contributed by atoms with E-state index in [4.69, 9.17) is 9.47 Å². The largest absolute Gasteiger partial charge is 0.486 e. The Morgan fingerprint density at radius 2 is 1.95 bits per heavy atom. The van der Waals surface area contributed by atoms with E-state index in [1.165, 1.54) is 6.07 Å². The summed E-state index contributed by atoms with van der Waals surface area (Å²) in [6.45, 7) is 2.80. The van der Waals surface area contributed by atoms with Gasteiger partial charge in [-0.1, -0.05) is 6.07 Å². The Balaban J connectivity index is 1.85. The van der Waals surface area contributed by atoms with Crippen molar-refractivity contribution >= 4 is 10.0 Å². The van der Waals surface area contributed by atoms with Crippen molar-refractivity contribution in [2.24, 2.45) is 0 Å². The fraction of sp³-hybridized carbons (Fsp3) is 0.267. The number of aryl methyl sites for hydroxylation is 1. The van der Waals surface area contributed by atoms with Crippen LogP contribution in [0.1, 0.15) is 11.1 Å². The van der Waals surface area contributed by atoms with E-state index in [2.05, 4.69) is 9.71 Å². The summed E-state index contributed by atoms with van der Waals surface area (Å²) in [5.74, 6) is 1.04. The van der Waals surface area contributed by atoms with Gasteiger partial charge in [-0.15, -0.1) is 0 Å². The van der Waals surface area contributed by atoms with Crippen molar-refractivity contribution in [2.75, 3.05) is 13.2 Å². The van der Waals surface area contributed by atoms with Crippen molar-refractivity contribution in [3.05, 3.63) is 47.8 Å². The average molecular weight is 320 g/mol. The van der Waals surface area contributed by atoms with Crippen LogP contribution in [0.15, 0.2) is 41.6 Å². The Bertz CT molecular complexity index is 776. The molecule has 0 saturated heterocycles. The van der Waals surface area contributed by atoms with Crippen LogP contribution in [0.25, 0.3) is 0 Å². The minimum Gasteiger partial charge on any atom is -0.486 e. The van der Waals surface area contributed by atoms with Gasteiger partial charge in [0.15, 0.2) is 11.5 Å². The molecule has 1 aromatic carbocycles. The minimum absolute atomic E-state index is 0.185. The van der Waals surface area contributed by atoms with Crippen LogP contribution in [0.5, 0.6) is 11.5 Å². The first kappa shape index (κ1) is 14.8. The molecule has 1 N–H and O–H groups in total. The van der Waals surface area contributed by atoms with Gasteiger partial charge in [-0.2, -0.15) is 0 Å². The maximum absolute atomic E-state index is 12.5. The molecule has 2 aromatic rings. The molecule has 0 aliphatic carbocycles. The maximum Gasteiger partial charge on any atom is 0.241 e. The van der Waals surface area contributed by atoms with Gasteiger partial charge in [0.05, 0.1) is 4.90 Å². The number of ether oxygens (including phenoxy) is 2. The summed E-state index contributed by atoms with van der Waals surface area (Å²) < 4.78 is 38.4. The van der Waals surface area contributed by atoms with Gasteiger partial charge in [0.1, 0.15) is 13.2 Å². The van der Waals surface area contributed by atoms with Gasteiger partial charge in [-0.25, -0.2) is 13.1 Å². The second-order valence-electron chi connectivity index (χ2n) is 4.95. The predicted octanol–water partition coefficient (Wildman–Crippen LogP) is 1.64. The molecule has 0 spiro atoms. The summed E-state index contributed by atoms with van der Waals surface area (Å²) in [6, 6.07) is 6.77. The number of hydrogen-bond acceptors (Lipinski definition) is 5. The first-order valence-electron chi connectivity index (χ1n) is 6.85. The Kier molecular flexibility index (Phi) is 4.00. The van der Waals surface area contributed by atoms with Gasteiger partial charge in [-0.05, 0) is 30.2 Å². The summed E-state index contributed by atoms with van der Waals surface area (Å²) in [5, 5.41) is 0. The van der Waals surface area contributed by atoms with Gasteiger partial charge in [0.25, 0.3) is 0 Å². The fourth-order valence-corrected chi connectivity index (χ4v) is 3.48. The van der Waals surface area contributed by atoms with E-state index < -0.39 is 10.0 Å². The zero-order valence-electron chi connectivity index (χ0n) is 12.1. The normalized spacial score (nSPS) is 13.9. The number of fused-ring (bicyclic) bond motifs is 1. The number of hydrogen-bond donors (Lipinski definition) is 1. The van der Waals surface area contributed by atoms with Gasteiger partial charge in [0.2, 0.25) is 10.0 Å². The lowest BCUT2D eigenvalue weighted by molar-refractivity contribution is 0.171. The second-order valence-corrected chi connectivity index (χ2v) is 6.68. The molecule has 116 valence electrons. The van der Waals surface area contributed by atoms with E-state index in [9.17, 15) is 8.42 Å². The van der Waals surface area contributed by atoms with Crippen molar-refractivity contribution < 1.29 is 17.9 Å². The van der Waals surface area contributed by atoms with E-state index >= 15 is 0 Å². The first-order valence-corrected chi connectivity index (χ1v) is 8.33. The number of pyridine rings is 1. The van der Waals surface area contributed by atoms with Crippen LogP contribution in [0.2, 0.25) is 0 Å². The standard InChI is InChI=1S/C15H16N2O4S/c1-11-7-13-14(21-6-5-20-13)8-15(11)22(18,19)17-10-12-3-2-4-16-9-12/h2-4,7-9,17H,5-6,10H2,1H3. The number of nitrogens with zero attached hydrogens (tertiary/aromatic N) is 1. The molecular formula is C15H16N2O4S. The number of sulfonamides is 1. The molecule has 1 aromatic heterocycles. The lowest BCUT2D eigenvalue weighted by atomic mass is 10.2. The van der Waals surface area contributed by atoms with Crippen LogP contribution in [0.3, 0.4) is 0 Å². The molecule has 0 bridgehead atoms. The van der Waals surface area contributed by atoms with Crippen LogP contribution >= 0.6 is 0 Å². The van der Waals surface area contributed by atoms with Gasteiger partial charge < -0.3 is 9.47 Å². The van der Waals surface area contributed by atoms with Crippen LogP contribution in [0.4, 0.5) is 0 Å². The first-order chi connectivity index (χ1) is 10.6. The highest BCUT2D eigenvalue weighted by Gasteiger charge is 2.22. The summed E-state index contributed by atoms with van der Waals surface area (Å²) in [5.41, 5.74) is 1.41. The van der Waals surface area contributed by atoms with E-state index in [-0.39, 0.29) is 11.4 Å². The molecule has 1 aliphatic rings. The second kappa shape index (κ2) is 5.94. The Morgan fingerprint density at radius 1 is 1.23 bits per heavy atom. The number of aromatic nitrogens is 1. The third kappa shape index (κ3) is 3.05. The minimum atomic E-state index is -3.64. The third-order valence-corrected chi connectivity index (χ3v) is 4.86. The fourth-order valence-electron chi connectivity index (χ4n) is 2.22. The maximum atomic E-state index is 12.5. The molecule has 0 saturated carbocycles. The molecule has 0 amide bonds. The van der Waals surface area contributed by atoms with Crippen LogP contribution in [-0.2, 0) is 16.6 Å². The van der Waals surface area contributed by atoms with E-state index in [0.717, 1.165) is 5.56 Å². The van der Waals surface area contributed by atoms with Crippen LogP contribution in [-0.4, -0.2) is 26.6 Å². The summed E-state index contributed by atoms with van der Waals surface area (Å²) >= 11 is 0. The SMILES string of the molecule is Cc1cc2c(cc1S(=O)(=O)NCc1cccnc1)OCCO2. The zero-order valence-corrected chi connectivity index (χ0v) is 12.9. The molecule has 0 radical (unpaired) electrons. The molecule has 0 atom stereocenters. The number of benzene rings is 1. The molecule has 2 heterocycles. The van der Waals surface area contributed by atoms with Crippen molar-refractivity contribution in [3.63, 3.8) is 0 Å². The van der Waals surface area contributed by atoms with Gasteiger partial charge >= 0.3 is 0 Å². The van der Waals surface area contributed by atoms with E-state index in [1.807, 2.05) is 6.07 Å². The van der Waals surface area contributed by atoms with Crippen LogP contribution in [0, 0.1) is 6.92 Å². The Labute approximate surface area is 129 Å². The van der Waals surface area contributed by atoms with Crippen molar-refractivity contribution in [1.82, 2.24) is 9.71 Å². The van der Waals surface area contributed by atoms with Crippen molar-refractivity contribution in [3.8, 4) is 11.5 Å². The smallest absolute Gasteiger partial charge is 0.241 e. The molecular weight excluding hydrogens is 304 g/mol. The lowest BCUT2D eigenvalue weighted by Gasteiger charge is -2.20. The average Bonchev–Trinajstić information content (AvgIpc) is 2.53. The van der Waals surface area contributed by atoms with E-state index in [0.29, 0.717) is 30.3 Å². The van der Waals surface area contributed by atoms with Gasteiger partial charge in [0, 0.05) is 25.0 Å². The molecule has 0 fully saturated rings. The molecule has 1 aliphatic heterocycles. The van der Waals surface area contributed by atoms with Gasteiger partial charge in [-0.3, -0.25) is 4.98 Å². The van der Waals surface area contributed by atoms with Crippen molar-refractivity contribution in [2.45, 2.75) is 18.4 Å². The predicted molar refractivity (Wildman–Crippen MR) is 80.4 cm³/mol. The highest BCUT2D eigenvalue weighted by Crippen LogP contribution is 2.34. The number of nitrogens with one attached hydrogen (secondary N) is 1. The van der Waals surface area contributed by atoms with Crippen LogP contribution < -0.4 is 14.2 Å². The lowest BCUT2D eigenvalue weighted by Crippen LogP contribution is -2.24. The summed E-state index contributed by atoms with van der Waals surface area (Å²) in [4.78, 5) is 4.16. The summed E-state index contributed by atoms with van der Waals surface area (Å²) in [7, 11) is -3.64. The highest BCUT2D eigenvalue weighted by atomic mass is 32.2. The highest BCUT2D eigenvalue weighted by molar-refractivity contribution is 7.89. The number of rotatable bonds is 4. The molecule has 0 unspecified atom stereocenters. The van der Waals surface area contributed by atoms with Crippen molar-refractivity contribution in [1.29, 1.82) is 0 Å². The Morgan fingerprint density at radius 3 is 2.64 bits per heavy atom. The zero-order chi connectivity index (χ0) is 15.6. The summed E-state index contributed by atoms with van der Waals surface area (Å²) in [6.07, 6.45) is 3.27. The quantitative estimate of drug-likeness (QED) is 0.926. The Hall–Kier alpha value is -2.12. The topological polar surface area (TPSA) is 77.5 Å². The molecule has 3 rings (SSSR count). The molecule has 6 nitrogen and oxygen atoms in total. The third-order valence-electron chi connectivity index (χ3n) is 3.32. The molecule has 7 heteroatoms.